The molecule has 1 aromatic heterocycles. The number of pyridine rings is 1. The van der Waals surface area contributed by atoms with Crippen molar-refractivity contribution < 1.29 is 14.6 Å². The van der Waals surface area contributed by atoms with E-state index in [2.05, 4.69) is 17.1 Å². The molecule has 150 valence electrons. The Labute approximate surface area is 163 Å². The van der Waals surface area contributed by atoms with Gasteiger partial charge in [-0.3, -0.25) is 4.79 Å². The highest BCUT2D eigenvalue weighted by molar-refractivity contribution is 5.97. The molecule has 2 atom stereocenters. The zero-order chi connectivity index (χ0) is 20.0. The second-order valence-electron chi connectivity index (χ2n) is 7.90. The molecule has 0 amide bonds. The van der Waals surface area contributed by atoms with Gasteiger partial charge in [0.15, 0.2) is 5.75 Å². The van der Waals surface area contributed by atoms with E-state index in [9.17, 15) is 14.7 Å². The molecule has 1 aliphatic carbocycles. The minimum atomic E-state index is -1.19. The zero-order valence-electron chi connectivity index (χ0n) is 16.6. The summed E-state index contributed by atoms with van der Waals surface area (Å²) in [4.78, 5) is 26.6. The summed E-state index contributed by atoms with van der Waals surface area (Å²) in [5.41, 5.74) is 1.05. The van der Waals surface area contributed by atoms with Crippen LogP contribution in [0.25, 0.3) is 10.9 Å². The highest BCUT2D eigenvalue weighted by Crippen LogP contribution is 2.43. The van der Waals surface area contributed by atoms with Gasteiger partial charge in [0.25, 0.3) is 0 Å². The van der Waals surface area contributed by atoms with Crippen LogP contribution in [0.4, 0.5) is 5.69 Å². The molecule has 1 aliphatic heterocycles. The maximum atomic E-state index is 12.8. The average molecular weight is 385 g/mol. The predicted molar refractivity (Wildman–Crippen MR) is 109 cm³/mol. The summed E-state index contributed by atoms with van der Waals surface area (Å²) in [5, 5.41) is 13.2. The van der Waals surface area contributed by atoms with Gasteiger partial charge in [-0.15, -0.1) is 0 Å². The Kier molecular flexibility index (Phi) is 4.79. The van der Waals surface area contributed by atoms with E-state index in [0.717, 1.165) is 38.0 Å². The Morgan fingerprint density at radius 3 is 2.68 bits per heavy atom. The molecule has 1 saturated carbocycles. The van der Waals surface area contributed by atoms with Crippen LogP contribution in [0.5, 0.6) is 5.75 Å². The third kappa shape index (κ3) is 3.03. The van der Waals surface area contributed by atoms with Gasteiger partial charge in [-0.1, -0.05) is 0 Å². The highest BCUT2D eigenvalue weighted by atomic mass is 16.5. The number of methoxy groups -OCH3 is 1. The van der Waals surface area contributed by atoms with Crippen molar-refractivity contribution in [2.75, 3.05) is 32.1 Å². The van der Waals surface area contributed by atoms with Gasteiger partial charge in [-0.25, -0.2) is 4.79 Å². The first-order valence-corrected chi connectivity index (χ1v) is 9.87. The van der Waals surface area contributed by atoms with Gasteiger partial charge in [0.2, 0.25) is 5.43 Å². The summed E-state index contributed by atoms with van der Waals surface area (Å²) in [6.45, 7) is 4.05. The Hall–Kier alpha value is -2.54. The van der Waals surface area contributed by atoms with E-state index in [1.807, 2.05) is 17.7 Å². The van der Waals surface area contributed by atoms with Crippen molar-refractivity contribution in [3.63, 3.8) is 0 Å². The maximum absolute atomic E-state index is 12.8. The topological polar surface area (TPSA) is 83.8 Å². The largest absolute Gasteiger partial charge is 0.492 e. The molecular formula is C21H27N3O4. The minimum absolute atomic E-state index is 0.182. The SMILES string of the molecule is CN[C@@H](C)C1CCN(c2ccc3c(=O)c(C(=O)O)cn(C4CC4)c3c2OC)C1. The number of hydrogen-bond acceptors (Lipinski definition) is 5. The molecular weight excluding hydrogens is 358 g/mol. The first-order valence-electron chi connectivity index (χ1n) is 9.87. The van der Waals surface area contributed by atoms with E-state index < -0.39 is 11.4 Å². The van der Waals surface area contributed by atoms with Crippen molar-refractivity contribution in [3.8, 4) is 5.75 Å². The fourth-order valence-corrected chi connectivity index (χ4v) is 4.30. The van der Waals surface area contributed by atoms with E-state index >= 15 is 0 Å². The number of carbonyl (C=O) groups is 1. The third-order valence-corrected chi connectivity index (χ3v) is 6.23. The van der Waals surface area contributed by atoms with Crippen molar-refractivity contribution in [3.05, 3.63) is 34.1 Å². The molecule has 7 nitrogen and oxygen atoms in total. The van der Waals surface area contributed by atoms with E-state index in [1.54, 1.807) is 13.2 Å². The van der Waals surface area contributed by atoms with Crippen LogP contribution < -0.4 is 20.4 Å². The second-order valence-corrected chi connectivity index (χ2v) is 7.90. The maximum Gasteiger partial charge on any atom is 0.341 e. The van der Waals surface area contributed by atoms with E-state index in [0.29, 0.717) is 28.6 Å². The predicted octanol–water partition coefficient (Wildman–Crippen LogP) is 2.48. The molecule has 4 rings (SSSR count). The van der Waals surface area contributed by atoms with Crippen molar-refractivity contribution in [1.82, 2.24) is 9.88 Å². The molecule has 1 aromatic carbocycles. The van der Waals surface area contributed by atoms with Gasteiger partial charge in [-0.05, 0) is 51.3 Å². The fourth-order valence-electron chi connectivity index (χ4n) is 4.30. The quantitative estimate of drug-likeness (QED) is 0.795. The monoisotopic (exact) mass is 385 g/mol. The number of aromatic carboxylic acids is 1. The van der Waals surface area contributed by atoms with Crippen molar-refractivity contribution >= 4 is 22.6 Å². The molecule has 1 unspecified atom stereocenters. The number of anilines is 1. The van der Waals surface area contributed by atoms with Crippen molar-refractivity contribution in [2.24, 2.45) is 5.92 Å². The Morgan fingerprint density at radius 1 is 1.32 bits per heavy atom. The van der Waals surface area contributed by atoms with Gasteiger partial charge in [0.05, 0.1) is 23.7 Å². The lowest BCUT2D eigenvalue weighted by molar-refractivity contribution is 0.0695. The van der Waals surface area contributed by atoms with Crippen LogP contribution in [-0.2, 0) is 0 Å². The molecule has 7 heteroatoms. The molecule has 0 radical (unpaired) electrons. The number of ether oxygens (including phenoxy) is 1. The van der Waals surface area contributed by atoms with Crippen molar-refractivity contribution in [2.45, 2.75) is 38.3 Å². The second kappa shape index (κ2) is 7.13. The number of fused-ring (bicyclic) bond motifs is 1. The number of aromatic nitrogens is 1. The first kappa shape index (κ1) is 18.8. The number of nitrogens with one attached hydrogen (secondary N) is 1. The Bertz CT molecular complexity index is 980. The zero-order valence-corrected chi connectivity index (χ0v) is 16.6. The minimum Gasteiger partial charge on any atom is -0.492 e. The van der Waals surface area contributed by atoms with E-state index in [1.165, 1.54) is 6.20 Å². The van der Waals surface area contributed by atoms with Crippen LogP contribution in [0, 0.1) is 5.92 Å². The lowest BCUT2D eigenvalue weighted by Crippen LogP contribution is -2.32. The number of hydrogen-bond donors (Lipinski definition) is 2. The summed E-state index contributed by atoms with van der Waals surface area (Å²) in [6.07, 6.45) is 4.55. The van der Waals surface area contributed by atoms with E-state index in [-0.39, 0.29) is 11.6 Å². The molecule has 2 N–H and O–H groups in total. The number of benzene rings is 1. The lowest BCUT2D eigenvalue weighted by Gasteiger charge is -2.25. The van der Waals surface area contributed by atoms with Crippen LogP contribution >= 0.6 is 0 Å². The molecule has 2 aromatic rings. The average Bonchev–Trinajstić information content (AvgIpc) is 3.42. The number of nitrogens with zero attached hydrogens (tertiary/aromatic N) is 2. The molecule has 0 bridgehead atoms. The molecule has 2 fully saturated rings. The first-order chi connectivity index (χ1) is 13.5. The van der Waals surface area contributed by atoms with Gasteiger partial charge in [0.1, 0.15) is 5.56 Å². The third-order valence-electron chi connectivity index (χ3n) is 6.23. The van der Waals surface area contributed by atoms with Crippen LogP contribution in [0.3, 0.4) is 0 Å². The summed E-state index contributed by atoms with van der Waals surface area (Å²) < 4.78 is 7.74. The molecule has 2 aliphatic rings. The molecule has 1 saturated heterocycles. The van der Waals surface area contributed by atoms with Crippen LogP contribution in [0.1, 0.15) is 42.6 Å². The number of carboxylic acids is 1. The van der Waals surface area contributed by atoms with E-state index in [4.69, 9.17) is 4.74 Å². The van der Waals surface area contributed by atoms with Crippen LogP contribution in [0.15, 0.2) is 23.1 Å². The van der Waals surface area contributed by atoms with Crippen LogP contribution in [0.2, 0.25) is 0 Å². The summed E-state index contributed by atoms with van der Waals surface area (Å²) in [6, 6.07) is 4.31. The fraction of sp³-hybridized carbons (Fsp3) is 0.524. The van der Waals surface area contributed by atoms with Gasteiger partial charge < -0.3 is 24.6 Å². The van der Waals surface area contributed by atoms with Crippen molar-refractivity contribution in [1.29, 1.82) is 0 Å². The lowest BCUT2D eigenvalue weighted by atomic mass is 10.0. The summed E-state index contributed by atoms with van der Waals surface area (Å²) in [5.74, 6) is 0.0226. The number of rotatable bonds is 6. The molecule has 28 heavy (non-hydrogen) atoms. The highest BCUT2D eigenvalue weighted by Gasteiger charge is 2.32. The Balaban J connectivity index is 1.87. The molecule has 0 spiro atoms. The molecule has 2 heterocycles. The Morgan fingerprint density at radius 2 is 2.07 bits per heavy atom. The van der Waals surface area contributed by atoms with Gasteiger partial charge >= 0.3 is 5.97 Å². The number of carboxylic acid groups (broad SMARTS) is 1. The summed E-state index contributed by atoms with van der Waals surface area (Å²) in [7, 11) is 3.60. The summed E-state index contributed by atoms with van der Waals surface area (Å²) >= 11 is 0. The smallest absolute Gasteiger partial charge is 0.341 e. The normalized spacial score (nSPS) is 20.5. The standard InChI is InChI=1S/C21H27N3O4/c1-12(22-2)13-8-9-23(10-13)17-7-6-15-18(20(17)28-3)24(14-4-5-14)11-16(19(15)25)21(26)27/h6-7,11-14,22H,4-5,8-10H2,1-3H3,(H,26,27)/t12-,13?/m0/s1. The van der Waals surface area contributed by atoms with Gasteiger partial charge in [-0.2, -0.15) is 0 Å². The van der Waals surface area contributed by atoms with Gasteiger partial charge in [0, 0.05) is 31.4 Å². The van der Waals surface area contributed by atoms with Crippen LogP contribution in [-0.4, -0.2) is 48.9 Å².